The molecule has 1 aliphatic carbocycles. The largest absolute Gasteiger partial charge is 0.426 e. The van der Waals surface area contributed by atoms with E-state index in [0.29, 0.717) is 11.7 Å². The van der Waals surface area contributed by atoms with Crippen molar-refractivity contribution in [2.45, 2.75) is 38.6 Å². The Morgan fingerprint density at radius 3 is 2.76 bits per heavy atom. The zero-order valence-corrected chi connectivity index (χ0v) is 18.6. The molecule has 1 aliphatic rings. The number of rotatable bonds is 6. The molecule has 2 aromatic carbocycles. The summed E-state index contributed by atoms with van der Waals surface area (Å²) in [5.41, 5.74) is 5.61. The van der Waals surface area contributed by atoms with Gasteiger partial charge in [0.1, 0.15) is 5.75 Å². The third-order valence-corrected chi connectivity index (χ3v) is 6.24. The van der Waals surface area contributed by atoms with Crippen molar-refractivity contribution in [3.8, 4) is 5.75 Å². The van der Waals surface area contributed by atoms with Crippen molar-refractivity contribution in [1.29, 1.82) is 0 Å². The second-order valence-electron chi connectivity index (χ2n) is 8.57. The number of nitrogens with zero attached hydrogens (tertiary/aromatic N) is 4. The fourth-order valence-electron chi connectivity index (χ4n) is 4.79. The Kier molecular flexibility index (Phi) is 5.98. The molecule has 5 rings (SSSR count). The lowest BCUT2D eigenvalue weighted by atomic mass is 9.83. The summed E-state index contributed by atoms with van der Waals surface area (Å²) in [4.78, 5) is 20.3. The van der Waals surface area contributed by atoms with Gasteiger partial charge >= 0.3 is 5.97 Å². The Bertz CT molecular complexity index is 1200. The second kappa shape index (κ2) is 9.36. The van der Waals surface area contributed by atoms with Crippen LogP contribution in [0.5, 0.6) is 5.75 Å². The lowest BCUT2D eigenvalue weighted by Crippen LogP contribution is -2.20. The van der Waals surface area contributed by atoms with Gasteiger partial charge in [-0.2, -0.15) is 5.10 Å². The first-order valence-corrected chi connectivity index (χ1v) is 11.3. The lowest BCUT2D eigenvalue weighted by Gasteiger charge is -2.26. The van der Waals surface area contributed by atoms with E-state index >= 15 is 0 Å². The van der Waals surface area contributed by atoms with Gasteiger partial charge in [0.25, 0.3) is 0 Å². The summed E-state index contributed by atoms with van der Waals surface area (Å²) in [6.07, 6.45) is 12.2. The minimum Gasteiger partial charge on any atom is -0.426 e. The summed E-state index contributed by atoms with van der Waals surface area (Å²) in [7, 11) is 0. The van der Waals surface area contributed by atoms with Gasteiger partial charge in [-0.1, -0.05) is 42.5 Å². The van der Waals surface area contributed by atoms with Gasteiger partial charge in [-0.15, -0.1) is 0 Å². The van der Waals surface area contributed by atoms with E-state index in [9.17, 15) is 4.79 Å². The van der Waals surface area contributed by atoms with E-state index in [2.05, 4.69) is 34.4 Å². The van der Waals surface area contributed by atoms with Gasteiger partial charge in [0, 0.05) is 43.8 Å². The van der Waals surface area contributed by atoms with Gasteiger partial charge in [0.2, 0.25) is 0 Å². The smallest absolute Gasteiger partial charge is 0.308 e. The van der Waals surface area contributed by atoms with Gasteiger partial charge in [-0.3, -0.25) is 19.4 Å². The number of ether oxygens (including phenoxy) is 1. The van der Waals surface area contributed by atoms with Crippen LogP contribution in [-0.2, 0) is 24.2 Å². The number of carbonyl (C=O) groups excluding carboxylic acids is 1. The predicted molar refractivity (Wildman–Crippen MR) is 125 cm³/mol. The maximum Gasteiger partial charge on any atom is 0.308 e. The molecule has 0 saturated heterocycles. The van der Waals surface area contributed by atoms with Crippen LogP contribution in [0.15, 0.2) is 79.5 Å². The van der Waals surface area contributed by atoms with Crippen molar-refractivity contribution in [3.05, 3.63) is 107 Å². The molecule has 0 N–H and O–H groups in total. The highest BCUT2D eigenvalue weighted by Crippen LogP contribution is 2.34. The van der Waals surface area contributed by atoms with Crippen LogP contribution in [0.4, 0.5) is 0 Å². The van der Waals surface area contributed by atoms with E-state index in [4.69, 9.17) is 9.84 Å². The Hall–Kier alpha value is -3.80. The van der Waals surface area contributed by atoms with E-state index < -0.39 is 0 Å². The van der Waals surface area contributed by atoms with Crippen LogP contribution in [0.25, 0.3) is 0 Å². The Morgan fingerprint density at radius 2 is 1.97 bits per heavy atom. The Balaban J connectivity index is 1.35. The minimum atomic E-state index is -0.273. The van der Waals surface area contributed by atoms with E-state index in [0.717, 1.165) is 42.6 Å². The van der Waals surface area contributed by atoms with Crippen molar-refractivity contribution in [2.75, 3.05) is 0 Å². The molecule has 0 fully saturated rings. The van der Waals surface area contributed by atoms with Crippen LogP contribution in [0.2, 0.25) is 0 Å². The second-order valence-corrected chi connectivity index (χ2v) is 8.57. The molecule has 6 nitrogen and oxygen atoms in total. The average Bonchev–Trinajstić information content (AvgIpc) is 3.28. The van der Waals surface area contributed by atoms with E-state index in [1.165, 1.54) is 18.1 Å². The summed E-state index contributed by atoms with van der Waals surface area (Å²) in [6, 6.07) is 16.4. The molecule has 2 heterocycles. The molecule has 2 unspecified atom stereocenters. The fourth-order valence-corrected chi connectivity index (χ4v) is 4.79. The Labute approximate surface area is 193 Å². The molecule has 0 bridgehead atoms. The van der Waals surface area contributed by atoms with Crippen LogP contribution < -0.4 is 4.74 Å². The molecular weight excluding hydrogens is 412 g/mol. The highest BCUT2D eigenvalue weighted by Gasteiger charge is 2.24. The number of carbonyl (C=O) groups is 1. The summed E-state index contributed by atoms with van der Waals surface area (Å²) < 4.78 is 7.46. The maximum absolute atomic E-state index is 11.4. The molecule has 0 saturated carbocycles. The Morgan fingerprint density at radius 1 is 1.09 bits per heavy atom. The maximum atomic E-state index is 11.4. The molecule has 33 heavy (non-hydrogen) atoms. The van der Waals surface area contributed by atoms with E-state index in [-0.39, 0.29) is 11.9 Å². The first kappa shape index (κ1) is 21.1. The summed E-state index contributed by atoms with van der Waals surface area (Å²) in [5.74, 6) is 0.900. The van der Waals surface area contributed by atoms with Crippen molar-refractivity contribution >= 4 is 5.97 Å². The van der Waals surface area contributed by atoms with Crippen LogP contribution in [-0.4, -0.2) is 25.7 Å². The summed E-state index contributed by atoms with van der Waals surface area (Å²) >= 11 is 0. The number of hydrogen-bond donors (Lipinski definition) is 0. The van der Waals surface area contributed by atoms with E-state index in [1.54, 1.807) is 12.4 Å². The molecule has 0 spiro atoms. The van der Waals surface area contributed by atoms with Crippen molar-refractivity contribution in [3.63, 3.8) is 0 Å². The van der Waals surface area contributed by atoms with Gasteiger partial charge in [0.15, 0.2) is 0 Å². The lowest BCUT2D eigenvalue weighted by molar-refractivity contribution is -0.131. The van der Waals surface area contributed by atoms with Crippen LogP contribution in [0, 0.1) is 5.92 Å². The number of esters is 1. The normalized spacial score (nSPS) is 16.1. The number of benzene rings is 2. The first-order chi connectivity index (χ1) is 16.2. The van der Waals surface area contributed by atoms with Crippen molar-refractivity contribution in [1.82, 2.24) is 19.7 Å². The topological polar surface area (TPSA) is 69.9 Å². The monoisotopic (exact) mass is 438 g/mol. The molecule has 0 radical (unpaired) electrons. The molecule has 2 atom stereocenters. The zero-order chi connectivity index (χ0) is 22.6. The van der Waals surface area contributed by atoms with Crippen LogP contribution >= 0.6 is 0 Å². The number of fused-ring (bicyclic) bond motifs is 1. The molecule has 166 valence electrons. The zero-order valence-electron chi connectivity index (χ0n) is 18.6. The van der Waals surface area contributed by atoms with Gasteiger partial charge in [0.05, 0.1) is 17.8 Å². The molecule has 0 amide bonds. The summed E-state index contributed by atoms with van der Waals surface area (Å²) in [5, 5.41) is 4.69. The molecular formula is C27H26N4O2. The van der Waals surface area contributed by atoms with E-state index in [1.807, 2.05) is 47.4 Å². The highest BCUT2D eigenvalue weighted by atomic mass is 16.5. The van der Waals surface area contributed by atoms with Crippen molar-refractivity contribution in [2.24, 2.45) is 5.92 Å². The highest BCUT2D eigenvalue weighted by molar-refractivity contribution is 5.70. The number of aromatic nitrogens is 4. The third-order valence-electron chi connectivity index (χ3n) is 6.24. The first-order valence-electron chi connectivity index (χ1n) is 11.3. The molecule has 2 aromatic heterocycles. The SMILES string of the molecule is CC(=O)Oc1cccc2c1CCC(Cn1cc(C(c3ccccc3)c3cnccn3)cn1)C2. The number of hydrogen-bond acceptors (Lipinski definition) is 5. The molecule has 0 aliphatic heterocycles. The summed E-state index contributed by atoms with van der Waals surface area (Å²) in [6.45, 7) is 2.29. The van der Waals surface area contributed by atoms with Gasteiger partial charge in [-0.25, -0.2) is 0 Å². The average molecular weight is 439 g/mol. The van der Waals surface area contributed by atoms with Gasteiger partial charge in [-0.05, 0) is 47.9 Å². The van der Waals surface area contributed by atoms with Crippen LogP contribution in [0.1, 0.15) is 47.2 Å². The predicted octanol–water partition coefficient (Wildman–Crippen LogP) is 4.58. The molecule has 6 heteroatoms. The fraction of sp³-hybridized carbons (Fsp3) is 0.259. The standard InChI is InChI=1S/C27H26N4O2/c1-19(32)33-26-9-5-8-22-14-20(10-11-24(22)26)17-31-18-23(15-30-31)27(21-6-3-2-4-7-21)25-16-28-12-13-29-25/h2-9,12-13,15-16,18,20,27H,10-11,14,17H2,1H3. The molecule has 4 aromatic rings. The third kappa shape index (κ3) is 4.70. The minimum absolute atomic E-state index is 0.00739. The quantitative estimate of drug-likeness (QED) is 0.325. The van der Waals surface area contributed by atoms with Crippen molar-refractivity contribution < 1.29 is 9.53 Å². The van der Waals surface area contributed by atoms with Gasteiger partial charge < -0.3 is 4.74 Å². The van der Waals surface area contributed by atoms with Crippen LogP contribution in [0.3, 0.4) is 0 Å².